The van der Waals surface area contributed by atoms with Crippen LogP contribution >= 0.6 is 0 Å². The van der Waals surface area contributed by atoms with E-state index in [1.54, 1.807) is 7.05 Å². The Morgan fingerprint density at radius 2 is 1.65 bits per heavy atom. The van der Waals surface area contributed by atoms with Crippen molar-refractivity contribution in [3.63, 3.8) is 0 Å². The molecule has 0 unspecified atom stereocenters. The molecule has 1 amide bonds. The molecule has 0 aromatic rings. The van der Waals surface area contributed by atoms with Crippen LogP contribution in [0.5, 0.6) is 0 Å². The van der Waals surface area contributed by atoms with Crippen molar-refractivity contribution in [1.29, 1.82) is 0 Å². The first-order chi connectivity index (χ1) is 11.1. The molecule has 6 heteroatoms. The summed E-state index contributed by atoms with van der Waals surface area (Å²) in [5.41, 5.74) is 0. The van der Waals surface area contributed by atoms with Gasteiger partial charge in [0.1, 0.15) is 0 Å². The lowest BCUT2D eigenvalue weighted by Gasteiger charge is -2.17. The third-order valence-electron chi connectivity index (χ3n) is 4.01. The van der Waals surface area contributed by atoms with Gasteiger partial charge in [0.15, 0.2) is 5.96 Å². The van der Waals surface area contributed by atoms with E-state index in [-0.39, 0.29) is 11.8 Å². The number of hydrogen-bond donors (Lipinski definition) is 3. The number of carbonyl (C=O) groups is 1. The molecule has 1 aliphatic carbocycles. The number of ether oxygens (including phenoxy) is 1. The third kappa shape index (κ3) is 9.43. The summed E-state index contributed by atoms with van der Waals surface area (Å²) in [5, 5.41) is 9.29. The summed E-state index contributed by atoms with van der Waals surface area (Å²) in [6.07, 6.45) is 8.11. The lowest BCUT2D eigenvalue weighted by molar-refractivity contribution is -0.123. The molecule has 3 N–H and O–H groups in total. The highest BCUT2D eigenvalue weighted by molar-refractivity contribution is 5.80. The van der Waals surface area contributed by atoms with Gasteiger partial charge in [0.25, 0.3) is 0 Å². The first-order valence-electron chi connectivity index (χ1n) is 8.97. The standard InChI is InChI=1S/C17H34N4O2/c1-14(2)16(22)19-10-11-20-17(18-3)21-12-13-23-15-8-6-4-5-7-9-15/h14-15H,4-13H2,1-3H3,(H,19,22)(H2,18,20,21). The van der Waals surface area contributed by atoms with Crippen LogP contribution in [0, 0.1) is 5.92 Å². The monoisotopic (exact) mass is 326 g/mol. The zero-order chi connectivity index (χ0) is 16.9. The third-order valence-corrected chi connectivity index (χ3v) is 4.01. The Kier molecular flexibility index (Phi) is 10.4. The van der Waals surface area contributed by atoms with E-state index in [2.05, 4.69) is 20.9 Å². The van der Waals surface area contributed by atoms with Crippen LogP contribution < -0.4 is 16.0 Å². The van der Waals surface area contributed by atoms with Crippen LogP contribution in [0.2, 0.25) is 0 Å². The second-order valence-corrected chi connectivity index (χ2v) is 6.36. The van der Waals surface area contributed by atoms with Gasteiger partial charge in [0.2, 0.25) is 5.91 Å². The smallest absolute Gasteiger partial charge is 0.222 e. The maximum atomic E-state index is 11.4. The van der Waals surface area contributed by atoms with E-state index in [9.17, 15) is 4.79 Å². The Bertz CT molecular complexity index is 351. The molecule has 0 atom stereocenters. The zero-order valence-corrected chi connectivity index (χ0v) is 15.0. The van der Waals surface area contributed by atoms with Gasteiger partial charge >= 0.3 is 0 Å². The van der Waals surface area contributed by atoms with Gasteiger partial charge in [-0.25, -0.2) is 0 Å². The molecule has 1 saturated carbocycles. The SMILES string of the molecule is CN=C(NCCNC(=O)C(C)C)NCCOC1CCCCCC1. The average Bonchev–Trinajstić information content (AvgIpc) is 2.81. The summed E-state index contributed by atoms with van der Waals surface area (Å²) in [6.45, 7) is 6.47. The highest BCUT2D eigenvalue weighted by atomic mass is 16.5. The minimum Gasteiger partial charge on any atom is -0.376 e. The second kappa shape index (κ2) is 12.2. The molecule has 0 bridgehead atoms. The number of nitrogens with one attached hydrogen (secondary N) is 3. The summed E-state index contributed by atoms with van der Waals surface area (Å²) < 4.78 is 5.94. The maximum absolute atomic E-state index is 11.4. The number of amides is 1. The van der Waals surface area contributed by atoms with E-state index in [1.165, 1.54) is 38.5 Å². The molecule has 6 nitrogen and oxygen atoms in total. The lowest BCUT2D eigenvalue weighted by atomic mass is 10.1. The van der Waals surface area contributed by atoms with Crippen molar-refractivity contribution in [2.24, 2.45) is 10.9 Å². The molecule has 0 aromatic carbocycles. The van der Waals surface area contributed by atoms with Gasteiger partial charge in [0, 0.05) is 32.6 Å². The number of aliphatic imine (C=N–C) groups is 1. The molecule has 23 heavy (non-hydrogen) atoms. The first-order valence-corrected chi connectivity index (χ1v) is 8.97. The number of carbonyl (C=O) groups excluding carboxylic acids is 1. The fourth-order valence-electron chi connectivity index (χ4n) is 2.59. The van der Waals surface area contributed by atoms with Crippen LogP contribution in [0.1, 0.15) is 52.4 Å². The molecule has 0 saturated heterocycles. The summed E-state index contributed by atoms with van der Waals surface area (Å²) >= 11 is 0. The fourth-order valence-corrected chi connectivity index (χ4v) is 2.59. The minimum absolute atomic E-state index is 0.0218. The molecular formula is C17H34N4O2. The molecule has 1 fully saturated rings. The van der Waals surface area contributed by atoms with Crippen LogP contribution in [0.4, 0.5) is 0 Å². The van der Waals surface area contributed by atoms with Gasteiger partial charge in [-0.2, -0.15) is 0 Å². The van der Waals surface area contributed by atoms with Crippen molar-refractivity contribution in [2.45, 2.75) is 58.5 Å². The topological polar surface area (TPSA) is 74.8 Å². The van der Waals surface area contributed by atoms with Crippen molar-refractivity contribution in [2.75, 3.05) is 33.3 Å². The molecule has 1 aliphatic rings. The zero-order valence-electron chi connectivity index (χ0n) is 15.0. The quantitative estimate of drug-likeness (QED) is 0.274. The Balaban J connectivity index is 2.06. The van der Waals surface area contributed by atoms with Gasteiger partial charge in [-0.1, -0.05) is 39.5 Å². The second-order valence-electron chi connectivity index (χ2n) is 6.36. The largest absolute Gasteiger partial charge is 0.376 e. The lowest BCUT2D eigenvalue weighted by Crippen LogP contribution is -2.43. The van der Waals surface area contributed by atoms with Gasteiger partial charge in [0.05, 0.1) is 12.7 Å². The van der Waals surface area contributed by atoms with Crippen LogP contribution in [0.25, 0.3) is 0 Å². The Hall–Kier alpha value is -1.30. The van der Waals surface area contributed by atoms with E-state index in [1.807, 2.05) is 13.8 Å². The van der Waals surface area contributed by atoms with Gasteiger partial charge in [-0.15, -0.1) is 0 Å². The van der Waals surface area contributed by atoms with Crippen LogP contribution in [0.3, 0.4) is 0 Å². The number of guanidine groups is 1. The minimum atomic E-state index is 0.0218. The highest BCUT2D eigenvalue weighted by Crippen LogP contribution is 2.19. The number of nitrogens with zero attached hydrogens (tertiary/aromatic N) is 1. The van der Waals surface area contributed by atoms with E-state index in [4.69, 9.17) is 4.74 Å². The van der Waals surface area contributed by atoms with Crippen molar-refractivity contribution < 1.29 is 9.53 Å². The highest BCUT2D eigenvalue weighted by Gasteiger charge is 2.12. The van der Waals surface area contributed by atoms with Gasteiger partial charge in [-0.05, 0) is 12.8 Å². The van der Waals surface area contributed by atoms with E-state index < -0.39 is 0 Å². The van der Waals surface area contributed by atoms with Gasteiger partial charge in [-0.3, -0.25) is 9.79 Å². The first kappa shape index (κ1) is 19.7. The summed E-state index contributed by atoms with van der Waals surface area (Å²) in [5.74, 6) is 0.841. The number of rotatable bonds is 8. The van der Waals surface area contributed by atoms with E-state index in [0.29, 0.717) is 25.8 Å². The molecule has 0 spiro atoms. The van der Waals surface area contributed by atoms with Crippen LogP contribution in [-0.4, -0.2) is 51.3 Å². The fraction of sp³-hybridized carbons (Fsp3) is 0.882. The molecule has 0 aliphatic heterocycles. The normalized spacial score (nSPS) is 17.0. The summed E-state index contributed by atoms with van der Waals surface area (Å²) in [7, 11) is 1.74. The average molecular weight is 326 g/mol. The molecule has 0 aromatic heterocycles. The van der Waals surface area contributed by atoms with Crippen molar-refractivity contribution >= 4 is 11.9 Å². The summed E-state index contributed by atoms with van der Waals surface area (Å²) in [4.78, 5) is 15.6. The maximum Gasteiger partial charge on any atom is 0.222 e. The molecular weight excluding hydrogens is 292 g/mol. The Morgan fingerprint density at radius 3 is 2.26 bits per heavy atom. The molecule has 1 rings (SSSR count). The predicted molar refractivity (Wildman–Crippen MR) is 94.7 cm³/mol. The molecule has 0 heterocycles. The van der Waals surface area contributed by atoms with Crippen LogP contribution in [0.15, 0.2) is 4.99 Å². The summed E-state index contributed by atoms with van der Waals surface area (Å²) in [6, 6.07) is 0. The van der Waals surface area contributed by atoms with Crippen molar-refractivity contribution in [3.8, 4) is 0 Å². The Labute approximate surface area is 140 Å². The van der Waals surface area contributed by atoms with Crippen LogP contribution in [-0.2, 0) is 9.53 Å². The molecule has 0 radical (unpaired) electrons. The van der Waals surface area contributed by atoms with Crippen molar-refractivity contribution in [3.05, 3.63) is 0 Å². The Morgan fingerprint density at radius 1 is 1.04 bits per heavy atom. The van der Waals surface area contributed by atoms with E-state index >= 15 is 0 Å². The molecule has 134 valence electrons. The van der Waals surface area contributed by atoms with Gasteiger partial charge < -0.3 is 20.7 Å². The van der Waals surface area contributed by atoms with Crippen molar-refractivity contribution in [1.82, 2.24) is 16.0 Å². The van der Waals surface area contributed by atoms with E-state index in [0.717, 1.165) is 12.5 Å². The predicted octanol–water partition coefficient (Wildman–Crippen LogP) is 1.66. The number of hydrogen-bond acceptors (Lipinski definition) is 3.